The lowest BCUT2D eigenvalue weighted by Gasteiger charge is -1.96. The topological polar surface area (TPSA) is 17.8 Å². The molecular formula is C8H8N2S. The summed E-state index contributed by atoms with van der Waals surface area (Å²) in [4.78, 5) is 4.04. The molecule has 3 heteroatoms. The molecule has 0 atom stereocenters. The van der Waals surface area contributed by atoms with Gasteiger partial charge in [0.25, 0.3) is 0 Å². The molecule has 56 valence electrons. The van der Waals surface area contributed by atoms with E-state index in [-0.39, 0.29) is 0 Å². The molecule has 0 aliphatic heterocycles. The molecule has 2 rings (SSSR count). The molecule has 0 fully saturated rings. The van der Waals surface area contributed by atoms with Gasteiger partial charge in [0.15, 0.2) is 0 Å². The fraction of sp³-hybridized carbons (Fsp3) is 0.125. The third-order valence-electron chi connectivity index (χ3n) is 1.65. The molecule has 0 saturated heterocycles. The van der Waals surface area contributed by atoms with Gasteiger partial charge in [-0.1, -0.05) is 0 Å². The lowest BCUT2D eigenvalue weighted by atomic mass is 10.3. The van der Waals surface area contributed by atoms with Crippen LogP contribution in [0.1, 0.15) is 0 Å². The van der Waals surface area contributed by atoms with E-state index >= 15 is 0 Å². The van der Waals surface area contributed by atoms with Crippen LogP contribution in [0.5, 0.6) is 0 Å². The molecule has 2 heterocycles. The van der Waals surface area contributed by atoms with Gasteiger partial charge in [-0.3, -0.25) is 8.96 Å². The van der Waals surface area contributed by atoms with Gasteiger partial charge < -0.3 is 0 Å². The van der Waals surface area contributed by atoms with Crippen LogP contribution in [0.25, 0.3) is 10.9 Å². The number of pyridine rings is 1. The maximum absolute atomic E-state index is 4.04. The van der Waals surface area contributed by atoms with Crippen LogP contribution >= 0.6 is 11.9 Å². The Morgan fingerprint density at radius 2 is 2.36 bits per heavy atom. The van der Waals surface area contributed by atoms with Crippen molar-refractivity contribution in [3.05, 3.63) is 30.7 Å². The van der Waals surface area contributed by atoms with Crippen LogP contribution in [0.2, 0.25) is 0 Å². The second kappa shape index (κ2) is 2.58. The van der Waals surface area contributed by atoms with Gasteiger partial charge in [0.05, 0.1) is 5.52 Å². The molecular weight excluding hydrogens is 156 g/mol. The quantitative estimate of drug-likeness (QED) is 0.642. The standard InChI is InChI=1S/C8H8N2S/c1-11-10-5-3-7-6-9-4-2-8(7)10/h2-6H,1H3. The van der Waals surface area contributed by atoms with Crippen molar-refractivity contribution in [2.75, 3.05) is 6.26 Å². The first-order valence-electron chi connectivity index (χ1n) is 3.37. The molecule has 0 saturated carbocycles. The summed E-state index contributed by atoms with van der Waals surface area (Å²) in [5.41, 5.74) is 1.23. The molecule has 2 aromatic rings. The molecule has 0 bridgehead atoms. The minimum atomic E-state index is 1.20. The lowest BCUT2D eigenvalue weighted by molar-refractivity contribution is 1.32. The lowest BCUT2D eigenvalue weighted by Crippen LogP contribution is -1.80. The highest BCUT2D eigenvalue weighted by Crippen LogP contribution is 2.17. The number of hydrogen-bond acceptors (Lipinski definition) is 2. The summed E-state index contributed by atoms with van der Waals surface area (Å²) in [5.74, 6) is 0. The van der Waals surface area contributed by atoms with Crippen molar-refractivity contribution in [1.82, 2.24) is 8.96 Å². The van der Waals surface area contributed by atoms with Crippen LogP contribution in [0.4, 0.5) is 0 Å². The highest BCUT2D eigenvalue weighted by molar-refractivity contribution is 7.97. The van der Waals surface area contributed by atoms with Crippen molar-refractivity contribution < 1.29 is 0 Å². The first-order valence-corrected chi connectivity index (χ1v) is 4.55. The Balaban J connectivity index is 2.76. The molecule has 0 aliphatic carbocycles. The zero-order valence-corrected chi connectivity index (χ0v) is 7.01. The van der Waals surface area contributed by atoms with E-state index in [0.29, 0.717) is 0 Å². The Morgan fingerprint density at radius 1 is 1.45 bits per heavy atom. The van der Waals surface area contributed by atoms with E-state index in [1.54, 1.807) is 11.9 Å². The van der Waals surface area contributed by atoms with Gasteiger partial charge in [-0.05, 0) is 24.1 Å². The van der Waals surface area contributed by atoms with Crippen LogP contribution in [-0.4, -0.2) is 15.2 Å². The van der Waals surface area contributed by atoms with E-state index in [1.807, 2.05) is 18.5 Å². The number of rotatable bonds is 1. The van der Waals surface area contributed by atoms with E-state index in [1.165, 1.54) is 10.9 Å². The zero-order valence-electron chi connectivity index (χ0n) is 6.19. The number of nitrogens with zero attached hydrogens (tertiary/aromatic N) is 2. The van der Waals surface area contributed by atoms with Gasteiger partial charge in [-0.25, -0.2) is 0 Å². The van der Waals surface area contributed by atoms with Gasteiger partial charge in [0, 0.05) is 30.2 Å². The summed E-state index contributed by atoms with van der Waals surface area (Å²) < 4.78 is 2.12. The van der Waals surface area contributed by atoms with Crippen LogP contribution < -0.4 is 0 Å². The molecule has 0 aliphatic rings. The Labute approximate surface area is 69.4 Å². The summed E-state index contributed by atoms with van der Waals surface area (Å²) >= 11 is 1.69. The molecule has 0 unspecified atom stereocenters. The minimum absolute atomic E-state index is 1.20. The van der Waals surface area contributed by atoms with Gasteiger partial charge in [0.2, 0.25) is 0 Å². The predicted molar refractivity (Wildman–Crippen MR) is 48.6 cm³/mol. The van der Waals surface area contributed by atoms with Gasteiger partial charge >= 0.3 is 0 Å². The third-order valence-corrected chi connectivity index (χ3v) is 2.36. The van der Waals surface area contributed by atoms with Crippen molar-refractivity contribution in [2.24, 2.45) is 0 Å². The Hall–Kier alpha value is -0.960. The number of fused-ring (bicyclic) bond motifs is 1. The van der Waals surface area contributed by atoms with Gasteiger partial charge in [-0.15, -0.1) is 0 Å². The summed E-state index contributed by atoms with van der Waals surface area (Å²) in [5, 5.41) is 1.20. The van der Waals surface area contributed by atoms with Crippen molar-refractivity contribution in [2.45, 2.75) is 0 Å². The van der Waals surface area contributed by atoms with E-state index in [4.69, 9.17) is 0 Å². The van der Waals surface area contributed by atoms with Crippen molar-refractivity contribution in [1.29, 1.82) is 0 Å². The average Bonchev–Trinajstić information content (AvgIpc) is 2.47. The zero-order chi connectivity index (χ0) is 7.68. The molecule has 0 aromatic carbocycles. The Bertz CT molecular complexity index is 367. The van der Waals surface area contributed by atoms with Gasteiger partial charge in [0.1, 0.15) is 0 Å². The summed E-state index contributed by atoms with van der Waals surface area (Å²) in [6.45, 7) is 0. The number of aromatic nitrogens is 2. The minimum Gasteiger partial charge on any atom is -0.291 e. The Morgan fingerprint density at radius 3 is 3.18 bits per heavy atom. The van der Waals surface area contributed by atoms with E-state index in [9.17, 15) is 0 Å². The monoisotopic (exact) mass is 164 g/mol. The predicted octanol–water partition coefficient (Wildman–Crippen LogP) is 2.16. The van der Waals surface area contributed by atoms with Crippen LogP contribution in [0, 0.1) is 0 Å². The Kier molecular flexibility index (Phi) is 1.58. The van der Waals surface area contributed by atoms with Crippen molar-refractivity contribution >= 4 is 22.9 Å². The fourth-order valence-electron chi connectivity index (χ4n) is 1.12. The maximum atomic E-state index is 4.04. The maximum Gasteiger partial charge on any atom is 0.0621 e. The van der Waals surface area contributed by atoms with Gasteiger partial charge in [-0.2, -0.15) is 0 Å². The highest BCUT2D eigenvalue weighted by Gasteiger charge is 1.96. The van der Waals surface area contributed by atoms with E-state index in [2.05, 4.69) is 27.5 Å². The van der Waals surface area contributed by atoms with Crippen LogP contribution in [-0.2, 0) is 0 Å². The molecule has 0 radical (unpaired) electrons. The first-order chi connectivity index (χ1) is 5.42. The number of hydrogen-bond donors (Lipinski definition) is 0. The average molecular weight is 164 g/mol. The molecule has 2 nitrogen and oxygen atoms in total. The first kappa shape index (κ1) is 6.73. The highest BCUT2D eigenvalue weighted by atomic mass is 32.2. The van der Waals surface area contributed by atoms with Crippen molar-refractivity contribution in [3.63, 3.8) is 0 Å². The molecule has 2 aromatic heterocycles. The molecule has 0 amide bonds. The van der Waals surface area contributed by atoms with Crippen molar-refractivity contribution in [3.8, 4) is 0 Å². The van der Waals surface area contributed by atoms with E-state index in [0.717, 1.165) is 0 Å². The third kappa shape index (κ3) is 1.01. The van der Waals surface area contributed by atoms with Crippen LogP contribution in [0.3, 0.4) is 0 Å². The second-order valence-electron chi connectivity index (χ2n) is 2.26. The fourth-order valence-corrected chi connectivity index (χ4v) is 1.66. The normalized spacial score (nSPS) is 10.6. The SMILES string of the molecule is CSn1ccc2cnccc21. The summed E-state index contributed by atoms with van der Waals surface area (Å²) in [6.07, 6.45) is 7.80. The van der Waals surface area contributed by atoms with Crippen LogP contribution in [0.15, 0.2) is 30.7 Å². The summed E-state index contributed by atoms with van der Waals surface area (Å²) in [7, 11) is 0. The van der Waals surface area contributed by atoms with E-state index < -0.39 is 0 Å². The molecule has 0 N–H and O–H groups in total. The largest absolute Gasteiger partial charge is 0.291 e. The summed E-state index contributed by atoms with van der Waals surface area (Å²) in [6, 6.07) is 4.09. The second-order valence-corrected chi connectivity index (χ2v) is 3.02. The smallest absolute Gasteiger partial charge is 0.0621 e. The molecule has 0 spiro atoms. The molecule has 11 heavy (non-hydrogen) atoms.